The van der Waals surface area contributed by atoms with Crippen LogP contribution in [0.25, 0.3) is 0 Å². The molecule has 0 spiro atoms. The Kier molecular flexibility index (Phi) is 5.93. The largest absolute Gasteiger partial charge is 0.444 e. The first-order valence-corrected chi connectivity index (χ1v) is 7.11. The van der Waals surface area contributed by atoms with Crippen LogP contribution >= 0.6 is 0 Å². The van der Waals surface area contributed by atoms with Crippen molar-refractivity contribution >= 4 is 6.09 Å². The van der Waals surface area contributed by atoms with Gasteiger partial charge in [0.2, 0.25) is 0 Å². The molecule has 0 aromatic heterocycles. The van der Waals surface area contributed by atoms with Crippen molar-refractivity contribution in [2.24, 2.45) is 5.92 Å². The molecule has 1 fully saturated rings. The van der Waals surface area contributed by atoms with Crippen molar-refractivity contribution in [2.75, 3.05) is 13.1 Å². The zero-order valence-corrected chi connectivity index (χ0v) is 12.2. The Hall–Kier alpha value is -0.770. The van der Waals surface area contributed by atoms with E-state index in [0.717, 1.165) is 18.9 Å². The number of rotatable bonds is 4. The summed E-state index contributed by atoms with van der Waals surface area (Å²) in [6.07, 6.45) is 4.45. The summed E-state index contributed by atoms with van der Waals surface area (Å²) in [6.45, 7) is 9.67. The van der Waals surface area contributed by atoms with Crippen molar-refractivity contribution in [3.63, 3.8) is 0 Å². The van der Waals surface area contributed by atoms with Crippen molar-refractivity contribution < 1.29 is 9.53 Å². The maximum atomic E-state index is 11.4. The summed E-state index contributed by atoms with van der Waals surface area (Å²) in [4.78, 5) is 11.4. The van der Waals surface area contributed by atoms with E-state index < -0.39 is 5.60 Å². The Bertz CT molecular complexity index is 253. The van der Waals surface area contributed by atoms with Gasteiger partial charge in [0.05, 0.1) is 0 Å². The van der Waals surface area contributed by atoms with E-state index >= 15 is 0 Å². The van der Waals surface area contributed by atoms with Gasteiger partial charge in [-0.05, 0) is 52.5 Å². The summed E-state index contributed by atoms with van der Waals surface area (Å²) >= 11 is 0. The monoisotopic (exact) mass is 256 g/mol. The lowest BCUT2D eigenvalue weighted by Crippen LogP contribution is -2.41. The van der Waals surface area contributed by atoms with Crippen molar-refractivity contribution in [3.05, 3.63) is 0 Å². The molecule has 18 heavy (non-hydrogen) atoms. The van der Waals surface area contributed by atoms with Gasteiger partial charge in [0.15, 0.2) is 0 Å². The smallest absolute Gasteiger partial charge is 0.407 e. The molecule has 1 heterocycles. The summed E-state index contributed by atoms with van der Waals surface area (Å²) in [5.41, 5.74) is -0.415. The second-order valence-electron chi connectivity index (χ2n) is 6.17. The van der Waals surface area contributed by atoms with E-state index in [1.54, 1.807) is 0 Å². The van der Waals surface area contributed by atoms with Crippen LogP contribution in [0.2, 0.25) is 0 Å². The molecule has 1 saturated heterocycles. The van der Waals surface area contributed by atoms with Crippen molar-refractivity contribution in [1.82, 2.24) is 10.6 Å². The van der Waals surface area contributed by atoms with Crippen LogP contribution in [0.1, 0.15) is 53.4 Å². The number of alkyl carbamates (subject to hydrolysis) is 1. The zero-order chi connectivity index (χ0) is 13.6. The molecule has 2 N–H and O–H groups in total. The van der Waals surface area contributed by atoms with Crippen molar-refractivity contribution in [2.45, 2.75) is 65.0 Å². The highest BCUT2D eigenvalue weighted by Gasteiger charge is 2.20. The van der Waals surface area contributed by atoms with Gasteiger partial charge in [-0.1, -0.05) is 13.3 Å². The molecule has 1 rings (SSSR count). The quantitative estimate of drug-likeness (QED) is 0.813. The van der Waals surface area contributed by atoms with E-state index in [4.69, 9.17) is 4.74 Å². The topological polar surface area (TPSA) is 50.4 Å². The molecule has 0 radical (unpaired) electrons. The normalized spacial score (nSPS) is 24.7. The number of piperidine rings is 1. The third-order valence-electron chi connectivity index (χ3n) is 3.36. The molecule has 2 atom stereocenters. The number of nitrogens with one attached hydrogen (secondary N) is 2. The average Bonchev–Trinajstić information content (AvgIpc) is 2.27. The van der Waals surface area contributed by atoms with Crippen LogP contribution < -0.4 is 10.6 Å². The molecule has 106 valence electrons. The molecular formula is C14H28N2O2. The van der Waals surface area contributed by atoms with Gasteiger partial charge in [-0.25, -0.2) is 4.79 Å². The minimum absolute atomic E-state index is 0.315. The lowest BCUT2D eigenvalue weighted by Gasteiger charge is -2.29. The molecule has 1 aliphatic rings. The minimum atomic E-state index is -0.415. The maximum absolute atomic E-state index is 11.4. The first-order chi connectivity index (χ1) is 8.40. The number of hydrogen-bond acceptors (Lipinski definition) is 3. The fourth-order valence-corrected chi connectivity index (χ4v) is 2.23. The number of amides is 1. The summed E-state index contributed by atoms with van der Waals surface area (Å²) < 4.78 is 5.19. The van der Waals surface area contributed by atoms with Crippen LogP contribution in [0.4, 0.5) is 4.79 Å². The Labute approximate surface area is 111 Å². The second-order valence-corrected chi connectivity index (χ2v) is 6.17. The SMILES string of the molecule is CCC1CCC(CCNC(=O)OC(C)(C)C)NC1. The third kappa shape index (κ3) is 6.24. The van der Waals surface area contributed by atoms with Crippen LogP contribution in [-0.4, -0.2) is 30.8 Å². The molecule has 4 heteroatoms. The summed E-state index contributed by atoms with van der Waals surface area (Å²) in [5.74, 6) is 0.833. The number of ether oxygens (including phenoxy) is 1. The van der Waals surface area contributed by atoms with E-state index in [1.807, 2.05) is 20.8 Å². The first-order valence-electron chi connectivity index (χ1n) is 7.11. The molecule has 0 aromatic rings. The summed E-state index contributed by atoms with van der Waals surface area (Å²) in [5, 5.41) is 6.36. The van der Waals surface area contributed by atoms with E-state index in [9.17, 15) is 4.79 Å². The van der Waals surface area contributed by atoms with Gasteiger partial charge in [-0.2, -0.15) is 0 Å². The van der Waals surface area contributed by atoms with E-state index in [2.05, 4.69) is 17.6 Å². The van der Waals surface area contributed by atoms with Crippen LogP contribution in [-0.2, 0) is 4.74 Å². The fraction of sp³-hybridized carbons (Fsp3) is 0.929. The number of carbonyl (C=O) groups is 1. The molecule has 1 aliphatic heterocycles. The Morgan fingerprint density at radius 1 is 1.39 bits per heavy atom. The maximum Gasteiger partial charge on any atom is 0.407 e. The molecule has 0 saturated carbocycles. The standard InChI is InChI=1S/C14H28N2O2/c1-5-11-6-7-12(16-10-11)8-9-15-13(17)18-14(2,3)4/h11-12,16H,5-10H2,1-4H3,(H,15,17). The lowest BCUT2D eigenvalue weighted by molar-refractivity contribution is 0.0525. The lowest BCUT2D eigenvalue weighted by atomic mass is 9.91. The van der Waals surface area contributed by atoms with Gasteiger partial charge >= 0.3 is 6.09 Å². The van der Waals surface area contributed by atoms with Crippen LogP contribution in [0.5, 0.6) is 0 Å². The van der Waals surface area contributed by atoms with Gasteiger partial charge < -0.3 is 15.4 Å². The van der Waals surface area contributed by atoms with Gasteiger partial charge in [0.1, 0.15) is 5.60 Å². The highest BCUT2D eigenvalue weighted by Crippen LogP contribution is 2.18. The van der Waals surface area contributed by atoms with Crippen LogP contribution in [0.15, 0.2) is 0 Å². The number of hydrogen-bond donors (Lipinski definition) is 2. The first kappa shape index (κ1) is 15.3. The molecule has 0 bridgehead atoms. The average molecular weight is 256 g/mol. The Morgan fingerprint density at radius 2 is 2.11 bits per heavy atom. The van der Waals surface area contributed by atoms with E-state index in [0.29, 0.717) is 12.6 Å². The van der Waals surface area contributed by atoms with Crippen molar-refractivity contribution in [3.8, 4) is 0 Å². The second kappa shape index (κ2) is 6.98. The Morgan fingerprint density at radius 3 is 2.61 bits per heavy atom. The van der Waals surface area contributed by atoms with Gasteiger partial charge in [0, 0.05) is 12.6 Å². The van der Waals surface area contributed by atoms with Crippen molar-refractivity contribution in [1.29, 1.82) is 0 Å². The van der Waals surface area contributed by atoms with E-state index in [-0.39, 0.29) is 6.09 Å². The molecule has 2 unspecified atom stereocenters. The molecular weight excluding hydrogens is 228 g/mol. The van der Waals surface area contributed by atoms with Crippen LogP contribution in [0, 0.1) is 5.92 Å². The van der Waals surface area contributed by atoms with Gasteiger partial charge in [-0.15, -0.1) is 0 Å². The fourth-order valence-electron chi connectivity index (χ4n) is 2.23. The van der Waals surface area contributed by atoms with E-state index in [1.165, 1.54) is 19.3 Å². The number of carbonyl (C=O) groups excluding carboxylic acids is 1. The minimum Gasteiger partial charge on any atom is -0.444 e. The van der Waals surface area contributed by atoms with Gasteiger partial charge in [-0.3, -0.25) is 0 Å². The zero-order valence-electron chi connectivity index (χ0n) is 12.2. The highest BCUT2D eigenvalue weighted by molar-refractivity contribution is 5.67. The highest BCUT2D eigenvalue weighted by atomic mass is 16.6. The predicted octanol–water partition coefficient (Wildman–Crippen LogP) is 2.68. The summed E-state index contributed by atoms with van der Waals surface area (Å²) in [6, 6.07) is 0.544. The molecule has 1 amide bonds. The summed E-state index contributed by atoms with van der Waals surface area (Å²) in [7, 11) is 0. The predicted molar refractivity (Wildman–Crippen MR) is 73.7 cm³/mol. The Balaban J connectivity index is 2.10. The van der Waals surface area contributed by atoms with Gasteiger partial charge in [0.25, 0.3) is 0 Å². The molecule has 0 aromatic carbocycles. The molecule has 0 aliphatic carbocycles. The third-order valence-corrected chi connectivity index (χ3v) is 3.36. The van der Waals surface area contributed by atoms with Crippen LogP contribution in [0.3, 0.4) is 0 Å². The molecule has 4 nitrogen and oxygen atoms in total.